The molecular formula is C76H148NO8P. The van der Waals surface area contributed by atoms with Gasteiger partial charge in [0.15, 0.2) is 6.10 Å². The van der Waals surface area contributed by atoms with Gasteiger partial charge in [0.25, 0.3) is 7.82 Å². The monoisotopic (exact) mass is 1230 g/mol. The molecule has 0 spiro atoms. The highest BCUT2D eigenvalue weighted by molar-refractivity contribution is 7.45. The van der Waals surface area contributed by atoms with E-state index in [9.17, 15) is 19.0 Å². The Morgan fingerprint density at radius 2 is 0.628 bits per heavy atom. The van der Waals surface area contributed by atoms with Crippen LogP contribution in [0.5, 0.6) is 0 Å². The number of carbonyl (C=O) groups excluding carboxylic acids is 2. The van der Waals surface area contributed by atoms with Crippen LogP contribution in [-0.2, 0) is 32.7 Å². The molecule has 0 saturated carbocycles. The summed E-state index contributed by atoms with van der Waals surface area (Å²) >= 11 is 0. The topological polar surface area (TPSA) is 111 Å². The van der Waals surface area contributed by atoms with Gasteiger partial charge in [0, 0.05) is 12.8 Å². The number of esters is 2. The van der Waals surface area contributed by atoms with Crippen molar-refractivity contribution in [1.82, 2.24) is 0 Å². The number of hydrogen-bond donors (Lipinski definition) is 0. The van der Waals surface area contributed by atoms with Crippen molar-refractivity contribution < 1.29 is 42.1 Å². The summed E-state index contributed by atoms with van der Waals surface area (Å²) in [5, 5.41) is 0. The molecule has 0 radical (unpaired) electrons. The molecule has 2 atom stereocenters. The van der Waals surface area contributed by atoms with Gasteiger partial charge in [-0.05, 0) is 44.9 Å². The van der Waals surface area contributed by atoms with Gasteiger partial charge in [0.1, 0.15) is 19.8 Å². The number of ether oxygens (including phenoxy) is 2. The van der Waals surface area contributed by atoms with E-state index in [0.717, 1.165) is 38.5 Å². The van der Waals surface area contributed by atoms with Crippen LogP contribution in [0.15, 0.2) is 24.3 Å². The maximum Gasteiger partial charge on any atom is 0.306 e. The number of nitrogens with zero attached hydrogens (tertiary/aromatic N) is 1. The standard InChI is InChI=1S/C76H148NO8P/c1-6-8-10-12-14-16-18-20-22-24-26-28-30-32-33-34-35-36-37-38-39-40-41-42-43-45-47-49-51-53-55-57-59-61-63-65-67-69-76(79)85-74(73-84-86(80,81)83-71-70-77(3,4)5)72-82-75(78)68-66-64-62-60-58-56-54-52-50-48-46-44-31-29-27-25-23-21-19-17-15-13-11-9-7-2/h18,20,24,26,74H,6-17,19,21-23,25,27-73H2,1-5H3/b20-18-,26-24-. The molecule has 0 saturated heterocycles. The first-order chi connectivity index (χ1) is 42.0. The second-order valence-electron chi connectivity index (χ2n) is 27.4. The lowest BCUT2D eigenvalue weighted by atomic mass is 10.0. The van der Waals surface area contributed by atoms with Crippen LogP contribution in [0, 0.1) is 0 Å². The summed E-state index contributed by atoms with van der Waals surface area (Å²) in [6.45, 7) is 4.32. The van der Waals surface area contributed by atoms with Gasteiger partial charge in [-0.1, -0.05) is 366 Å². The molecule has 0 fully saturated rings. The van der Waals surface area contributed by atoms with E-state index in [1.165, 1.54) is 327 Å². The molecule has 0 amide bonds. The number of allylic oxidation sites excluding steroid dienone is 4. The molecular weight excluding hydrogens is 1090 g/mol. The van der Waals surface area contributed by atoms with Crippen molar-refractivity contribution in [2.75, 3.05) is 47.5 Å². The fourth-order valence-corrected chi connectivity index (χ4v) is 12.4. The first kappa shape index (κ1) is 84.5. The second-order valence-corrected chi connectivity index (χ2v) is 28.8. The number of phosphoric ester groups is 1. The van der Waals surface area contributed by atoms with Crippen LogP contribution >= 0.6 is 7.82 Å². The smallest absolute Gasteiger partial charge is 0.306 e. The van der Waals surface area contributed by atoms with Crippen molar-refractivity contribution in [3.8, 4) is 0 Å². The average Bonchev–Trinajstić information content (AvgIpc) is 3.67. The van der Waals surface area contributed by atoms with Crippen molar-refractivity contribution in [3.05, 3.63) is 24.3 Å². The molecule has 9 nitrogen and oxygen atoms in total. The van der Waals surface area contributed by atoms with E-state index in [2.05, 4.69) is 38.2 Å². The van der Waals surface area contributed by atoms with E-state index in [-0.39, 0.29) is 32.0 Å². The highest BCUT2D eigenvalue weighted by Gasteiger charge is 2.22. The van der Waals surface area contributed by atoms with Crippen LogP contribution in [0.25, 0.3) is 0 Å². The third-order valence-corrected chi connectivity index (χ3v) is 18.4. The number of carbonyl (C=O) groups is 2. The number of hydrogen-bond acceptors (Lipinski definition) is 8. The molecule has 0 aliphatic carbocycles. The summed E-state index contributed by atoms with van der Waals surface area (Å²) in [5.41, 5.74) is 0. The van der Waals surface area contributed by atoms with Crippen molar-refractivity contribution in [1.29, 1.82) is 0 Å². The Balaban J connectivity index is 3.91. The summed E-state index contributed by atoms with van der Waals surface area (Å²) in [4.78, 5) is 38.1. The van der Waals surface area contributed by atoms with Crippen LogP contribution in [0.2, 0.25) is 0 Å². The predicted octanol–water partition coefficient (Wildman–Crippen LogP) is 24.2. The van der Waals surface area contributed by atoms with Crippen molar-refractivity contribution in [2.45, 2.75) is 405 Å². The van der Waals surface area contributed by atoms with Crippen LogP contribution < -0.4 is 4.89 Å². The quantitative estimate of drug-likeness (QED) is 0.0195. The lowest BCUT2D eigenvalue weighted by molar-refractivity contribution is -0.870. The molecule has 0 aromatic heterocycles. The Labute approximate surface area is 536 Å². The van der Waals surface area contributed by atoms with Crippen molar-refractivity contribution in [3.63, 3.8) is 0 Å². The third kappa shape index (κ3) is 71.6. The second kappa shape index (κ2) is 67.9. The van der Waals surface area contributed by atoms with Gasteiger partial charge < -0.3 is 27.9 Å². The Morgan fingerprint density at radius 1 is 0.360 bits per heavy atom. The molecule has 0 N–H and O–H groups in total. The molecule has 86 heavy (non-hydrogen) atoms. The van der Waals surface area contributed by atoms with Gasteiger partial charge in [0.2, 0.25) is 0 Å². The van der Waals surface area contributed by atoms with Gasteiger partial charge in [-0.25, -0.2) is 0 Å². The first-order valence-corrected chi connectivity index (χ1v) is 39.5. The lowest BCUT2D eigenvalue weighted by Gasteiger charge is -2.28. The Morgan fingerprint density at radius 3 is 0.919 bits per heavy atom. The molecule has 10 heteroatoms. The van der Waals surface area contributed by atoms with E-state index in [0.29, 0.717) is 17.4 Å². The lowest BCUT2D eigenvalue weighted by Crippen LogP contribution is -2.37. The highest BCUT2D eigenvalue weighted by atomic mass is 31.2. The molecule has 0 aromatic rings. The number of likely N-dealkylation sites (N-methyl/N-ethyl adjacent to an activating group) is 1. The maximum atomic E-state index is 12.9. The summed E-state index contributed by atoms with van der Waals surface area (Å²) in [7, 11) is 1.19. The highest BCUT2D eigenvalue weighted by Crippen LogP contribution is 2.38. The minimum Gasteiger partial charge on any atom is -0.756 e. The first-order valence-electron chi connectivity index (χ1n) is 38.0. The maximum absolute atomic E-state index is 12.9. The number of quaternary nitrogens is 1. The third-order valence-electron chi connectivity index (χ3n) is 17.5. The molecule has 0 aliphatic heterocycles. The van der Waals surface area contributed by atoms with E-state index >= 15 is 0 Å². The summed E-state index contributed by atoms with van der Waals surface area (Å²) in [6.07, 6.45) is 85.8. The van der Waals surface area contributed by atoms with Crippen LogP contribution in [0.1, 0.15) is 399 Å². The van der Waals surface area contributed by atoms with Crippen LogP contribution in [0.4, 0.5) is 0 Å². The Bertz CT molecular complexity index is 1500. The molecule has 0 aliphatic rings. The van der Waals surface area contributed by atoms with Gasteiger partial charge in [-0.3, -0.25) is 14.2 Å². The number of rotatable bonds is 72. The summed E-state index contributed by atoms with van der Waals surface area (Å²) < 4.78 is 34.4. The SMILES string of the molecule is CCCCCCC/C=C\C/C=C\CCCCCCCCCCCCCCCCCCCCCCCCCCCC(=O)OC(COC(=O)CCCCCCCCCCCCCCCCCCCCCCCCCCC)COP(=O)([O-])OCC[N+](C)(C)C. The zero-order chi connectivity index (χ0) is 62.6. The molecule has 0 aromatic carbocycles. The molecule has 2 unspecified atom stereocenters. The predicted molar refractivity (Wildman–Crippen MR) is 370 cm³/mol. The molecule has 0 rings (SSSR count). The molecule has 510 valence electrons. The molecule has 0 heterocycles. The van der Waals surface area contributed by atoms with Crippen LogP contribution in [0.3, 0.4) is 0 Å². The Hall–Kier alpha value is -1.51. The average molecular weight is 1230 g/mol. The Kier molecular flexibility index (Phi) is 66.7. The summed E-state index contributed by atoms with van der Waals surface area (Å²) in [5.74, 6) is -0.805. The van der Waals surface area contributed by atoms with E-state index in [1.54, 1.807) is 0 Å². The normalized spacial score (nSPS) is 13.1. The number of unbranched alkanes of at least 4 members (excludes halogenated alkanes) is 54. The van der Waals surface area contributed by atoms with Gasteiger partial charge in [0.05, 0.1) is 27.7 Å². The van der Waals surface area contributed by atoms with E-state index in [4.69, 9.17) is 18.5 Å². The van der Waals surface area contributed by atoms with Crippen LogP contribution in [-0.4, -0.2) is 70.0 Å². The van der Waals surface area contributed by atoms with E-state index in [1.807, 2.05) is 21.1 Å². The largest absolute Gasteiger partial charge is 0.756 e. The molecule has 0 bridgehead atoms. The van der Waals surface area contributed by atoms with Gasteiger partial charge >= 0.3 is 11.9 Å². The van der Waals surface area contributed by atoms with Gasteiger partial charge in [-0.2, -0.15) is 0 Å². The fraction of sp³-hybridized carbons (Fsp3) is 0.921. The van der Waals surface area contributed by atoms with Gasteiger partial charge in [-0.15, -0.1) is 0 Å². The van der Waals surface area contributed by atoms with E-state index < -0.39 is 26.5 Å². The number of phosphoric acid groups is 1. The zero-order valence-electron chi connectivity index (χ0n) is 58.3. The van der Waals surface area contributed by atoms with Crippen molar-refractivity contribution in [2.24, 2.45) is 0 Å². The fourth-order valence-electron chi connectivity index (χ4n) is 11.6. The summed E-state index contributed by atoms with van der Waals surface area (Å²) in [6, 6.07) is 0. The minimum absolute atomic E-state index is 0.0261. The van der Waals surface area contributed by atoms with Crippen molar-refractivity contribution >= 4 is 19.8 Å². The zero-order valence-corrected chi connectivity index (χ0v) is 59.2. The minimum atomic E-state index is -4.64.